The fourth-order valence-electron chi connectivity index (χ4n) is 1.93. The van der Waals surface area contributed by atoms with E-state index in [0.29, 0.717) is 22.1 Å². The maximum absolute atomic E-state index is 11.1. The van der Waals surface area contributed by atoms with E-state index >= 15 is 0 Å². The van der Waals surface area contributed by atoms with E-state index in [1.54, 1.807) is 18.2 Å². The molecule has 0 saturated heterocycles. The second-order valence-electron chi connectivity index (χ2n) is 3.92. The smallest absolute Gasteiger partial charge is 0.231 e. The van der Waals surface area contributed by atoms with Gasteiger partial charge in [0.2, 0.25) is 6.79 Å². The summed E-state index contributed by atoms with van der Waals surface area (Å²) < 4.78 is 10.6. The lowest BCUT2D eigenvalue weighted by Gasteiger charge is -2.07. The zero-order valence-corrected chi connectivity index (χ0v) is 10.1. The molecule has 0 unspecified atom stereocenters. The second-order valence-corrected chi connectivity index (χ2v) is 4.35. The number of aldehydes is 1. The number of halogens is 1. The Labute approximate surface area is 109 Å². The summed E-state index contributed by atoms with van der Waals surface area (Å²) in [5.41, 5.74) is 2.30. The van der Waals surface area contributed by atoms with E-state index in [0.717, 1.165) is 17.4 Å². The molecule has 0 bridgehead atoms. The fourth-order valence-corrected chi connectivity index (χ4v) is 2.06. The van der Waals surface area contributed by atoms with Gasteiger partial charge in [-0.15, -0.1) is 0 Å². The highest BCUT2D eigenvalue weighted by atomic mass is 35.5. The third-order valence-electron chi connectivity index (χ3n) is 2.83. The highest BCUT2D eigenvalue weighted by molar-refractivity contribution is 6.30. The predicted octanol–water partition coefficient (Wildman–Crippen LogP) is 3.55. The van der Waals surface area contributed by atoms with Gasteiger partial charge in [0.25, 0.3) is 0 Å². The van der Waals surface area contributed by atoms with E-state index < -0.39 is 0 Å². The molecule has 0 amide bonds. The standard InChI is InChI=1S/C14H9ClO3/c15-11-3-1-9(2-4-11)12-6-14-13(17-8-18-14)5-10(12)7-16/h1-7H,8H2. The number of carbonyl (C=O) groups is 1. The van der Waals surface area contributed by atoms with E-state index in [1.165, 1.54) is 0 Å². The molecule has 2 aromatic rings. The highest BCUT2D eigenvalue weighted by Crippen LogP contribution is 2.38. The molecule has 0 spiro atoms. The van der Waals surface area contributed by atoms with Crippen molar-refractivity contribution in [2.24, 2.45) is 0 Å². The summed E-state index contributed by atoms with van der Waals surface area (Å²) in [6.45, 7) is 0.192. The van der Waals surface area contributed by atoms with Crippen LogP contribution in [0.25, 0.3) is 11.1 Å². The zero-order valence-electron chi connectivity index (χ0n) is 9.35. The lowest BCUT2D eigenvalue weighted by molar-refractivity contribution is 0.112. The summed E-state index contributed by atoms with van der Waals surface area (Å²) in [6.07, 6.45) is 0.811. The van der Waals surface area contributed by atoms with Crippen molar-refractivity contribution < 1.29 is 14.3 Å². The number of benzene rings is 2. The minimum absolute atomic E-state index is 0.192. The average molecular weight is 261 g/mol. The van der Waals surface area contributed by atoms with Crippen LogP contribution >= 0.6 is 11.6 Å². The minimum Gasteiger partial charge on any atom is -0.454 e. The third kappa shape index (κ3) is 1.83. The Morgan fingerprint density at radius 2 is 1.72 bits per heavy atom. The number of carbonyl (C=O) groups excluding carboxylic acids is 1. The van der Waals surface area contributed by atoms with Crippen LogP contribution < -0.4 is 9.47 Å². The SMILES string of the molecule is O=Cc1cc2c(cc1-c1ccc(Cl)cc1)OCO2. The molecular formula is C14H9ClO3. The van der Waals surface area contributed by atoms with Gasteiger partial charge in [-0.2, -0.15) is 0 Å². The van der Waals surface area contributed by atoms with Crippen molar-refractivity contribution in [2.45, 2.75) is 0 Å². The quantitative estimate of drug-likeness (QED) is 0.775. The molecule has 0 atom stereocenters. The highest BCUT2D eigenvalue weighted by Gasteiger charge is 2.17. The normalized spacial score (nSPS) is 12.5. The van der Waals surface area contributed by atoms with E-state index in [1.807, 2.05) is 18.2 Å². The van der Waals surface area contributed by atoms with E-state index in [4.69, 9.17) is 21.1 Å². The molecule has 0 saturated carbocycles. The monoisotopic (exact) mass is 260 g/mol. The van der Waals surface area contributed by atoms with Gasteiger partial charge in [0, 0.05) is 10.6 Å². The van der Waals surface area contributed by atoms with Crippen LogP contribution in [0.3, 0.4) is 0 Å². The molecule has 90 valence electrons. The molecule has 3 rings (SSSR count). The summed E-state index contributed by atoms with van der Waals surface area (Å²) in [5, 5.41) is 0.659. The number of ether oxygens (including phenoxy) is 2. The van der Waals surface area contributed by atoms with Crippen LogP contribution in [0.5, 0.6) is 11.5 Å². The fraction of sp³-hybridized carbons (Fsp3) is 0.0714. The van der Waals surface area contributed by atoms with Crippen LogP contribution in [0.4, 0.5) is 0 Å². The average Bonchev–Trinajstić information content (AvgIpc) is 2.85. The van der Waals surface area contributed by atoms with E-state index in [9.17, 15) is 4.79 Å². The summed E-state index contributed by atoms with van der Waals surface area (Å²) >= 11 is 5.85. The summed E-state index contributed by atoms with van der Waals surface area (Å²) in [5.74, 6) is 1.26. The van der Waals surface area contributed by atoms with Gasteiger partial charge in [0.1, 0.15) is 0 Å². The zero-order chi connectivity index (χ0) is 12.5. The first kappa shape index (κ1) is 11.1. The first-order chi connectivity index (χ1) is 8.78. The van der Waals surface area contributed by atoms with Gasteiger partial charge in [0.05, 0.1) is 0 Å². The molecule has 0 radical (unpaired) electrons. The maximum atomic E-state index is 11.1. The molecule has 0 fully saturated rings. The van der Waals surface area contributed by atoms with E-state index in [-0.39, 0.29) is 6.79 Å². The Morgan fingerprint density at radius 3 is 2.39 bits per heavy atom. The number of hydrogen-bond acceptors (Lipinski definition) is 3. The number of fused-ring (bicyclic) bond motifs is 1. The van der Waals surface area contributed by atoms with Gasteiger partial charge >= 0.3 is 0 Å². The molecule has 0 aliphatic carbocycles. The van der Waals surface area contributed by atoms with Gasteiger partial charge in [-0.1, -0.05) is 23.7 Å². The van der Waals surface area contributed by atoms with E-state index in [2.05, 4.69) is 0 Å². The Morgan fingerprint density at radius 1 is 1.06 bits per heavy atom. The van der Waals surface area contributed by atoms with Crippen LogP contribution in [-0.2, 0) is 0 Å². The van der Waals surface area contributed by atoms with Crippen molar-refractivity contribution in [3.8, 4) is 22.6 Å². The van der Waals surface area contributed by atoms with Gasteiger partial charge in [0.15, 0.2) is 17.8 Å². The lowest BCUT2D eigenvalue weighted by Crippen LogP contribution is -1.92. The molecule has 1 aliphatic rings. The molecule has 1 aliphatic heterocycles. The van der Waals surface area contributed by atoms with Crippen molar-refractivity contribution in [3.63, 3.8) is 0 Å². The molecular weight excluding hydrogens is 252 g/mol. The van der Waals surface area contributed by atoms with Crippen LogP contribution in [0.1, 0.15) is 10.4 Å². The molecule has 1 heterocycles. The van der Waals surface area contributed by atoms with Crippen LogP contribution in [0.15, 0.2) is 36.4 Å². The van der Waals surface area contributed by atoms with Crippen LogP contribution in [0.2, 0.25) is 5.02 Å². The maximum Gasteiger partial charge on any atom is 0.231 e. The molecule has 2 aromatic carbocycles. The molecule has 18 heavy (non-hydrogen) atoms. The molecule has 0 N–H and O–H groups in total. The lowest BCUT2D eigenvalue weighted by atomic mass is 10.00. The Bertz CT molecular complexity index is 605. The third-order valence-corrected chi connectivity index (χ3v) is 3.08. The minimum atomic E-state index is 0.192. The molecule has 4 heteroatoms. The number of hydrogen-bond donors (Lipinski definition) is 0. The van der Waals surface area contributed by atoms with Crippen LogP contribution in [-0.4, -0.2) is 13.1 Å². The summed E-state index contributed by atoms with van der Waals surface area (Å²) in [6, 6.07) is 10.8. The molecule has 3 nitrogen and oxygen atoms in total. The van der Waals surface area contributed by atoms with Gasteiger partial charge in [-0.3, -0.25) is 4.79 Å². The number of rotatable bonds is 2. The first-order valence-electron chi connectivity index (χ1n) is 5.43. The summed E-state index contributed by atoms with van der Waals surface area (Å²) in [4.78, 5) is 11.1. The van der Waals surface area contributed by atoms with Crippen molar-refractivity contribution in [1.82, 2.24) is 0 Å². The molecule has 0 aromatic heterocycles. The topological polar surface area (TPSA) is 35.5 Å². The van der Waals surface area contributed by atoms with Crippen LogP contribution in [0, 0.1) is 0 Å². The van der Waals surface area contributed by atoms with Crippen molar-refractivity contribution in [3.05, 3.63) is 47.0 Å². The second kappa shape index (κ2) is 4.35. The Kier molecular flexibility index (Phi) is 2.68. The first-order valence-corrected chi connectivity index (χ1v) is 5.80. The summed E-state index contributed by atoms with van der Waals surface area (Å²) in [7, 11) is 0. The Hall–Kier alpha value is -2.00. The van der Waals surface area contributed by atoms with Gasteiger partial charge < -0.3 is 9.47 Å². The predicted molar refractivity (Wildman–Crippen MR) is 68.4 cm³/mol. The van der Waals surface area contributed by atoms with Gasteiger partial charge in [-0.25, -0.2) is 0 Å². The van der Waals surface area contributed by atoms with Gasteiger partial charge in [-0.05, 0) is 35.4 Å². The van der Waals surface area contributed by atoms with Crippen molar-refractivity contribution >= 4 is 17.9 Å². The van der Waals surface area contributed by atoms with Crippen molar-refractivity contribution in [2.75, 3.05) is 6.79 Å². The largest absolute Gasteiger partial charge is 0.454 e. The van der Waals surface area contributed by atoms with Crippen molar-refractivity contribution in [1.29, 1.82) is 0 Å². The Balaban J connectivity index is 2.16.